The van der Waals surface area contributed by atoms with Crippen molar-refractivity contribution in [3.05, 3.63) is 0 Å². The molecule has 0 aliphatic carbocycles. The van der Waals surface area contributed by atoms with Gasteiger partial charge >= 0.3 is 5.97 Å². The summed E-state index contributed by atoms with van der Waals surface area (Å²) in [6, 6.07) is 0.645. The molecule has 3 aliphatic rings. The second-order valence-corrected chi connectivity index (χ2v) is 7.37. The fourth-order valence-electron chi connectivity index (χ4n) is 3.98. The highest BCUT2D eigenvalue weighted by Crippen LogP contribution is 2.16. The normalized spacial score (nSPS) is 25.7. The predicted octanol–water partition coefficient (Wildman–Crippen LogP) is -0.460. The van der Waals surface area contributed by atoms with Crippen LogP contribution in [-0.4, -0.2) is 92.8 Å². The molecular formula is C18H32N4O4. The van der Waals surface area contributed by atoms with Gasteiger partial charge in [-0.05, 0) is 51.9 Å². The number of aldehydes is 1. The minimum absolute atomic E-state index is 0.0120. The highest BCUT2D eigenvalue weighted by molar-refractivity contribution is 5.74. The second-order valence-electron chi connectivity index (χ2n) is 7.37. The number of carbonyl (C=O) groups excluding carboxylic acids is 2. The second kappa shape index (κ2) is 10.3. The van der Waals surface area contributed by atoms with Crippen molar-refractivity contribution in [1.82, 2.24) is 20.6 Å². The summed E-state index contributed by atoms with van der Waals surface area (Å²) in [6.07, 6.45) is 4.18. The van der Waals surface area contributed by atoms with E-state index in [0.29, 0.717) is 6.04 Å². The first-order valence-corrected chi connectivity index (χ1v) is 9.96. The lowest BCUT2D eigenvalue weighted by molar-refractivity contribution is -0.202. The zero-order valence-electron chi connectivity index (χ0n) is 15.5. The number of piperidine rings is 2. The van der Waals surface area contributed by atoms with Gasteiger partial charge in [0.25, 0.3) is 0 Å². The van der Waals surface area contributed by atoms with Crippen LogP contribution in [-0.2, 0) is 19.2 Å². The van der Waals surface area contributed by atoms with E-state index in [1.165, 1.54) is 12.8 Å². The molecule has 0 saturated carbocycles. The Kier molecular flexibility index (Phi) is 7.82. The molecule has 148 valence electrons. The fraction of sp³-hybridized carbons (Fsp3) is 0.889. The van der Waals surface area contributed by atoms with Crippen molar-refractivity contribution in [2.45, 2.75) is 50.4 Å². The molecule has 3 rings (SSSR count). The molecule has 3 fully saturated rings. The summed E-state index contributed by atoms with van der Waals surface area (Å²) >= 11 is 0. The Morgan fingerprint density at radius 1 is 1.00 bits per heavy atom. The molecule has 3 saturated heterocycles. The van der Waals surface area contributed by atoms with Gasteiger partial charge in [-0.1, -0.05) is 0 Å². The van der Waals surface area contributed by atoms with Gasteiger partial charge in [0.2, 0.25) is 0 Å². The van der Waals surface area contributed by atoms with Gasteiger partial charge in [0.05, 0.1) is 12.5 Å². The maximum atomic E-state index is 12.2. The Morgan fingerprint density at radius 3 is 2.23 bits per heavy atom. The van der Waals surface area contributed by atoms with Gasteiger partial charge in [0.15, 0.2) is 0 Å². The number of hydrogen-bond donors (Lipinski definition) is 2. The first-order valence-electron chi connectivity index (χ1n) is 9.96. The van der Waals surface area contributed by atoms with Crippen LogP contribution in [0.3, 0.4) is 0 Å². The van der Waals surface area contributed by atoms with Gasteiger partial charge in [0, 0.05) is 32.2 Å². The van der Waals surface area contributed by atoms with E-state index in [-0.39, 0.29) is 18.5 Å². The Morgan fingerprint density at radius 2 is 1.62 bits per heavy atom. The maximum absolute atomic E-state index is 12.2. The Hall–Kier alpha value is -1.06. The number of hydroxylamine groups is 2. The Labute approximate surface area is 155 Å². The largest absolute Gasteiger partial charge is 0.368 e. The average molecular weight is 368 g/mol. The average Bonchev–Trinajstić information content (AvgIpc) is 2.69. The third-order valence-electron chi connectivity index (χ3n) is 5.50. The molecule has 3 heterocycles. The molecule has 26 heavy (non-hydrogen) atoms. The molecule has 2 N–H and O–H groups in total. The first kappa shape index (κ1) is 19.7. The molecule has 0 aromatic carbocycles. The van der Waals surface area contributed by atoms with Crippen molar-refractivity contribution in [3.8, 4) is 0 Å². The molecule has 0 aromatic rings. The van der Waals surface area contributed by atoms with E-state index < -0.39 is 6.10 Å². The summed E-state index contributed by atoms with van der Waals surface area (Å²) in [5, 5.41) is 8.37. The summed E-state index contributed by atoms with van der Waals surface area (Å²) in [4.78, 5) is 31.4. The number of ether oxygens (including phenoxy) is 1. The van der Waals surface area contributed by atoms with Gasteiger partial charge in [-0.15, -0.1) is 5.06 Å². The topological polar surface area (TPSA) is 83.1 Å². The summed E-state index contributed by atoms with van der Waals surface area (Å²) in [5.41, 5.74) is 0. The molecule has 8 heteroatoms. The molecule has 0 spiro atoms. The predicted molar refractivity (Wildman–Crippen MR) is 96.6 cm³/mol. The molecule has 3 aliphatic heterocycles. The standard InChI is InChI=1S/C18H32N4O4/c23-14-17(25-16-3-7-20-8-4-16)13-18(24)26-22-11-9-21(10-12-22)15-1-5-19-6-2-15/h14-17,19-20H,1-13H2. The highest BCUT2D eigenvalue weighted by atomic mass is 16.7. The summed E-state index contributed by atoms with van der Waals surface area (Å²) in [6.45, 7) is 7.23. The summed E-state index contributed by atoms with van der Waals surface area (Å²) in [5.74, 6) is -0.383. The fourth-order valence-corrected chi connectivity index (χ4v) is 3.98. The first-order chi connectivity index (χ1) is 12.7. The molecule has 1 unspecified atom stereocenters. The van der Waals surface area contributed by atoms with Crippen molar-refractivity contribution in [2.24, 2.45) is 0 Å². The van der Waals surface area contributed by atoms with Crippen molar-refractivity contribution in [1.29, 1.82) is 0 Å². The van der Waals surface area contributed by atoms with E-state index in [9.17, 15) is 9.59 Å². The monoisotopic (exact) mass is 368 g/mol. The maximum Gasteiger partial charge on any atom is 0.328 e. The third kappa shape index (κ3) is 5.99. The SMILES string of the molecule is O=CC(CC(=O)ON1CCN(C2CCNCC2)CC1)OC1CCNCC1. The van der Waals surface area contributed by atoms with Crippen LogP contribution in [0.5, 0.6) is 0 Å². The number of piperazine rings is 1. The van der Waals surface area contributed by atoms with Crippen LogP contribution in [0.15, 0.2) is 0 Å². The van der Waals surface area contributed by atoms with Crippen molar-refractivity contribution >= 4 is 12.3 Å². The number of nitrogens with zero attached hydrogens (tertiary/aromatic N) is 2. The molecule has 0 bridgehead atoms. The summed E-state index contributed by atoms with van der Waals surface area (Å²) in [7, 11) is 0. The molecular weight excluding hydrogens is 336 g/mol. The number of hydrogen-bond acceptors (Lipinski definition) is 8. The van der Waals surface area contributed by atoms with Crippen LogP contribution in [0, 0.1) is 0 Å². The molecule has 8 nitrogen and oxygen atoms in total. The lowest BCUT2D eigenvalue weighted by Crippen LogP contribution is -2.53. The van der Waals surface area contributed by atoms with Gasteiger partial charge < -0.3 is 25.0 Å². The summed E-state index contributed by atoms with van der Waals surface area (Å²) < 4.78 is 5.76. The minimum atomic E-state index is -0.707. The van der Waals surface area contributed by atoms with Crippen LogP contribution in [0.1, 0.15) is 32.1 Å². The van der Waals surface area contributed by atoms with E-state index >= 15 is 0 Å². The minimum Gasteiger partial charge on any atom is -0.368 e. The van der Waals surface area contributed by atoms with E-state index in [2.05, 4.69) is 15.5 Å². The number of nitrogens with one attached hydrogen (secondary N) is 2. The van der Waals surface area contributed by atoms with Gasteiger partial charge in [-0.25, -0.2) is 0 Å². The lowest BCUT2D eigenvalue weighted by Gasteiger charge is -2.39. The van der Waals surface area contributed by atoms with Crippen LogP contribution in [0.25, 0.3) is 0 Å². The number of carbonyl (C=O) groups is 2. The zero-order chi connectivity index (χ0) is 18.2. The van der Waals surface area contributed by atoms with E-state index in [1.54, 1.807) is 5.06 Å². The molecule has 0 amide bonds. The van der Waals surface area contributed by atoms with E-state index in [1.807, 2.05) is 0 Å². The molecule has 1 atom stereocenters. The van der Waals surface area contributed by atoms with Crippen LogP contribution >= 0.6 is 0 Å². The van der Waals surface area contributed by atoms with E-state index in [0.717, 1.165) is 71.5 Å². The third-order valence-corrected chi connectivity index (χ3v) is 5.50. The van der Waals surface area contributed by atoms with Gasteiger partial charge in [-0.2, -0.15) is 0 Å². The van der Waals surface area contributed by atoms with E-state index in [4.69, 9.17) is 9.57 Å². The lowest BCUT2D eigenvalue weighted by atomic mass is 10.0. The van der Waals surface area contributed by atoms with Crippen molar-refractivity contribution in [2.75, 3.05) is 52.4 Å². The highest BCUT2D eigenvalue weighted by Gasteiger charge is 2.28. The Balaban J connectivity index is 1.35. The van der Waals surface area contributed by atoms with Crippen molar-refractivity contribution < 1.29 is 19.2 Å². The van der Waals surface area contributed by atoms with Crippen LogP contribution < -0.4 is 10.6 Å². The quantitative estimate of drug-likeness (QED) is 0.584. The van der Waals surface area contributed by atoms with Crippen molar-refractivity contribution in [3.63, 3.8) is 0 Å². The zero-order valence-corrected chi connectivity index (χ0v) is 15.5. The van der Waals surface area contributed by atoms with Crippen LogP contribution in [0.4, 0.5) is 0 Å². The van der Waals surface area contributed by atoms with Gasteiger partial charge in [0.1, 0.15) is 12.4 Å². The number of rotatable bonds is 7. The molecule has 0 aromatic heterocycles. The Bertz CT molecular complexity index is 444. The smallest absolute Gasteiger partial charge is 0.328 e. The molecule has 0 radical (unpaired) electrons. The van der Waals surface area contributed by atoms with Crippen LogP contribution in [0.2, 0.25) is 0 Å². The van der Waals surface area contributed by atoms with Gasteiger partial charge in [-0.3, -0.25) is 9.69 Å².